The summed E-state index contributed by atoms with van der Waals surface area (Å²) in [7, 11) is 0. The SMILES string of the molecule is N#CC(Cc1cccs1)C(=O)N1CCCC1. The van der Waals surface area contributed by atoms with Gasteiger partial charge in [0.05, 0.1) is 6.07 Å². The quantitative estimate of drug-likeness (QED) is 0.803. The lowest BCUT2D eigenvalue weighted by Crippen LogP contribution is -2.34. The summed E-state index contributed by atoms with van der Waals surface area (Å²) in [4.78, 5) is 14.9. The fraction of sp³-hybridized carbons (Fsp3) is 0.500. The third-order valence-electron chi connectivity index (χ3n) is 2.86. The summed E-state index contributed by atoms with van der Waals surface area (Å²) in [6, 6.07) is 6.06. The number of carbonyl (C=O) groups is 1. The number of hydrogen-bond acceptors (Lipinski definition) is 3. The Morgan fingerprint density at radius 2 is 2.31 bits per heavy atom. The molecular formula is C12H14N2OS. The van der Waals surface area contributed by atoms with Crippen molar-refractivity contribution in [1.82, 2.24) is 4.90 Å². The molecule has 1 aromatic rings. The van der Waals surface area contributed by atoms with Crippen molar-refractivity contribution in [3.05, 3.63) is 22.4 Å². The molecule has 1 amide bonds. The van der Waals surface area contributed by atoms with E-state index in [9.17, 15) is 4.79 Å². The number of thiophene rings is 1. The zero-order valence-electron chi connectivity index (χ0n) is 9.06. The summed E-state index contributed by atoms with van der Waals surface area (Å²) in [6.07, 6.45) is 2.70. The van der Waals surface area contributed by atoms with Crippen molar-refractivity contribution in [1.29, 1.82) is 5.26 Å². The molecule has 0 aliphatic carbocycles. The lowest BCUT2D eigenvalue weighted by atomic mass is 10.0. The Hall–Kier alpha value is -1.34. The van der Waals surface area contributed by atoms with Crippen LogP contribution < -0.4 is 0 Å². The van der Waals surface area contributed by atoms with Gasteiger partial charge in [-0.3, -0.25) is 4.79 Å². The minimum atomic E-state index is -0.503. The Labute approximate surface area is 99.3 Å². The molecule has 4 heteroatoms. The second kappa shape index (κ2) is 5.13. The molecule has 1 atom stereocenters. The van der Waals surface area contributed by atoms with Crippen LogP contribution in [0.5, 0.6) is 0 Å². The summed E-state index contributed by atoms with van der Waals surface area (Å²) in [5.41, 5.74) is 0. The number of likely N-dealkylation sites (tertiary alicyclic amines) is 1. The molecule has 84 valence electrons. The van der Waals surface area contributed by atoms with E-state index in [1.165, 1.54) is 0 Å². The van der Waals surface area contributed by atoms with Crippen LogP contribution >= 0.6 is 11.3 Å². The Balaban J connectivity index is 1.99. The number of hydrogen-bond donors (Lipinski definition) is 0. The van der Waals surface area contributed by atoms with Crippen LogP contribution in [0.2, 0.25) is 0 Å². The highest BCUT2D eigenvalue weighted by Crippen LogP contribution is 2.18. The molecule has 1 unspecified atom stereocenters. The fourth-order valence-corrected chi connectivity index (χ4v) is 2.73. The van der Waals surface area contributed by atoms with Gasteiger partial charge >= 0.3 is 0 Å². The zero-order chi connectivity index (χ0) is 11.4. The zero-order valence-corrected chi connectivity index (χ0v) is 9.87. The number of amides is 1. The van der Waals surface area contributed by atoms with Crippen LogP contribution in [0.1, 0.15) is 17.7 Å². The first-order chi connectivity index (χ1) is 7.81. The first-order valence-electron chi connectivity index (χ1n) is 5.52. The molecule has 1 aromatic heterocycles. The Morgan fingerprint density at radius 1 is 1.56 bits per heavy atom. The van der Waals surface area contributed by atoms with Crippen LogP contribution in [-0.2, 0) is 11.2 Å². The average molecular weight is 234 g/mol. The number of nitriles is 1. The standard InChI is InChI=1S/C12H14N2OS/c13-9-10(8-11-4-3-7-16-11)12(15)14-5-1-2-6-14/h3-4,7,10H,1-2,5-6,8H2. The van der Waals surface area contributed by atoms with Gasteiger partial charge in [-0.25, -0.2) is 0 Å². The van der Waals surface area contributed by atoms with Gasteiger partial charge in [0.1, 0.15) is 5.92 Å². The first kappa shape index (κ1) is 11.2. The van der Waals surface area contributed by atoms with E-state index in [0.717, 1.165) is 30.8 Å². The molecule has 1 aliphatic rings. The normalized spacial score (nSPS) is 17.1. The van der Waals surface area contributed by atoms with Gasteiger partial charge in [0.2, 0.25) is 5.91 Å². The van der Waals surface area contributed by atoms with Crippen LogP contribution in [0.15, 0.2) is 17.5 Å². The van der Waals surface area contributed by atoms with Gasteiger partial charge in [-0.1, -0.05) is 6.07 Å². The van der Waals surface area contributed by atoms with E-state index < -0.39 is 5.92 Å². The third-order valence-corrected chi connectivity index (χ3v) is 3.76. The molecule has 0 N–H and O–H groups in total. The Bertz CT molecular complexity index is 388. The highest BCUT2D eigenvalue weighted by atomic mass is 32.1. The lowest BCUT2D eigenvalue weighted by Gasteiger charge is -2.18. The second-order valence-corrected chi connectivity index (χ2v) is 5.03. The van der Waals surface area contributed by atoms with Crippen molar-refractivity contribution >= 4 is 17.2 Å². The minimum absolute atomic E-state index is 0.00778. The van der Waals surface area contributed by atoms with E-state index in [-0.39, 0.29) is 5.91 Å². The lowest BCUT2D eigenvalue weighted by molar-refractivity contribution is -0.132. The molecule has 1 aliphatic heterocycles. The molecule has 1 fully saturated rings. The van der Waals surface area contributed by atoms with E-state index in [2.05, 4.69) is 6.07 Å². The van der Waals surface area contributed by atoms with Gasteiger partial charge in [0.15, 0.2) is 0 Å². The van der Waals surface area contributed by atoms with Crippen molar-refractivity contribution < 1.29 is 4.79 Å². The van der Waals surface area contributed by atoms with Crippen LogP contribution in [0.3, 0.4) is 0 Å². The van der Waals surface area contributed by atoms with Crippen molar-refractivity contribution in [3.8, 4) is 6.07 Å². The molecule has 0 spiro atoms. The Morgan fingerprint density at radius 3 is 2.88 bits per heavy atom. The molecule has 0 aromatic carbocycles. The predicted molar refractivity (Wildman–Crippen MR) is 62.9 cm³/mol. The third kappa shape index (κ3) is 2.42. The molecule has 2 heterocycles. The first-order valence-corrected chi connectivity index (χ1v) is 6.40. The smallest absolute Gasteiger partial charge is 0.240 e. The molecule has 1 saturated heterocycles. The van der Waals surface area contributed by atoms with Gasteiger partial charge < -0.3 is 4.90 Å². The number of rotatable bonds is 3. The predicted octanol–water partition coefficient (Wildman–Crippen LogP) is 2.05. The van der Waals surface area contributed by atoms with E-state index >= 15 is 0 Å². The molecule has 0 radical (unpaired) electrons. The van der Waals surface area contributed by atoms with Crippen LogP contribution in [0.4, 0.5) is 0 Å². The summed E-state index contributed by atoms with van der Waals surface area (Å²) in [6.45, 7) is 1.64. The minimum Gasteiger partial charge on any atom is -0.342 e. The number of carbonyl (C=O) groups excluding carboxylic acids is 1. The molecule has 3 nitrogen and oxygen atoms in total. The van der Waals surface area contributed by atoms with Gasteiger partial charge in [-0.2, -0.15) is 5.26 Å². The Kier molecular flexibility index (Phi) is 3.58. The fourth-order valence-electron chi connectivity index (χ4n) is 1.98. The highest BCUT2D eigenvalue weighted by Gasteiger charge is 2.26. The van der Waals surface area contributed by atoms with Crippen molar-refractivity contribution in [2.45, 2.75) is 19.3 Å². The van der Waals surface area contributed by atoms with E-state index in [4.69, 9.17) is 5.26 Å². The molecule has 0 saturated carbocycles. The monoisotopic (exact) mass is 234 g/mol. The van der Waals surface area contributed by atoms with Gasteiger partial charge in [0, 0.05) is 24.4 Å². The van der Waals surface area contributed by atoms with Gasteiger partial charge in [0.25, 0.3) is 0 Å². The average Bonchev–Trinajstić information content (AvgIpc) is 2.97. The van der Waals surface area contributed by atoms with E-state index in [1.54, 1.807) is 11.3 Å². The van der Waals surface area contributed by atoms with Crippen molar-refractivity contribution in [2.75, 3.05) is 13.1 Å². The van der Waals surface area contributed by atoms with E-state index in [1.807, 2.05) is 22.4 Å². The summed E-state index contributed by atoms with van der Waals surface area (Å²) < 4.78 is 0. The topological polar surface area (TPSA) is 44.1 Å². The van der Waals surface area contributed by atoms with Crippen LogP contribution in [0.25, 0.3) is 0 Å². The maximum Gasteiger partial charge on any atom is 0.240 e. The van der Waals surface area contributed by atoms with E-state index in [0.29, 0.717) is 6.42 Å². The largest absolute Gasteiger partial charge is 0.342 e. The summed E-state index contributed by atoms with van der Waals surface area (Å²) in [5.74, 6) is -0.495. The highest BCUT2D eigenvalue weighted by molar-refractivity contribution is 7.09. The molecule has 0 bridgehead atoms. The van der Waals surface area contributed by atoms with Crippen LogP contribution in [0, 0.1) is 17.2 Å². The molecule has 2 rings (SSSR count). The number of nitrogens with zero attached hydrogens (tertiary/aromatic N) is 2. The summed E-state index contributed by atoms with van der Waals surface area (Å²) >= 11 is 1.60. The van der Waals surface area contributed by atoms with Crippen molar-refractivity contribution in [2.24, 2.45) is 5.92 Å². The summed E-state index contributed by atoms with van der Waals surface area (Å²) in [5, 5.41) is 11.0. The van der Waals surface area contributed by atoms with Crippen LogP contribution in [-0.4, -0.2) is 23.9 Å². The van der Waals surface area contributed by atoms with Crippen molar-refractivity contribution in [3.63, 3.8) is 0 Å². The maximum absolute atomic E-state index is 12.0. The van der Waals surface area contributed by atoms with Gasteiger partial charge in [-0.15, -0.1) is 11.3 Å². The molecular weight excluding hydrogens is 220 g/mol. The second-order valence-electron chi connectivity index (χ2n) is 4.00. The van der Waals surface area contributed by atoms with Gasteiger partial charge in [-0.05, 0) is 24.3 Å². The molecule has 16 heavy (non-hydrogen) atoms. The maximum atomic E-state index is 12.0.